The molecule has 6 nitrogen and oxygen atoms in total. The summed E-state index contributed by atoms with van der Waals surface area (Å²) in [6.07, 6.45) is 4.59. The molecule has 2 aromatic heterocycles. The molecule has 0 aliphatic rings. The predicted octanol–water partition coefficient (Wildman–Crippen LogP) is 1.73. The van der Waals surface area contributed by atoms with Gasteiger partial charge in [0, 0.05) is 32.2 Å². The van der Waals surface area contributed by atoms with E-state index < -0.39 is 10.0 Å². The maximum absolute atomic E-state index is 12.7. The molecule has 0 aromatic carbocycles. The molecule has 0 spiro atoms. The predicted molar refractivity (Wildman–Crippen MR) is 78.2 cm³/mol. The topological polar surface area (TPSA) is 75.2 Å². The van der Waals surface area contributed by atoms with Crippen LogP contribution >= 0.6 is 0 Å². The van der Waals surface area contributed by atoms with Gasteiger partial charge in [0.05, 0.1) is 11.4 Å². The average Bonchev–Trinajstić information content (AvgIpc) is 2.48. The Kier molecular flexibility index (Phi) is 4.19. The van der Waals surface area contributed by atoms with Gasteiger partial charge in [0.1, 0.15) is 0 Å². The first-order valence-corrected chi connectivity index (χ1v) is 7.60. The molecule has 0 amide bonds. The maximum atomic E-state index is 12.7. The number of sulfonamides is 1. The Balaban J connectivity index is 2.53. The Hall–Kier alpha value is -2.15. The number of hydrogen-bond acceptors (Lipinski definition) is 5. The Morgan fingerprint density at radius 3 is 2.50 bits per heavy atom. The first-order chi connectivity index (χ1) is 9.61. The Morgan fingerprint density at radius 2 is 1.90 bits per heavy atom. The van der Waals surface area contributed by atoms with Crippen molar-refractivity contribution in [2.75, 3.05) is 23.2 Å². The first kappa shape index (κ1) is 14.3. The number of hydrogen-bond donors (Lipinski definition) is 1. The zero-order valence-electron chi connectivity index (χ0n) is 11.3. The van der Waals surface area contributed by atoms with Crippen LogP contribution in [0.4, 0.5) is 11.4 Å². The van der Waals surface area contributed by atoms with E-state index in [4.69, 9.17) is 0 Å². The van der Waals surface area contributed by atoms with E-state index in [-0.39, 0.29) is 5.03 Å². The molecular weight excluding hydrogens is 276 g/mol. The summed E-state index contributed by atoms with van der Waals surface area (Å²) >= 11 is 0. The summed E-state index contributed by atoms with van der Waals surface area (Å²) in [5, 5.41) is 2.87. The average molecular weight is 292 g/mol. The third-order valence-corrected chi connectivity index (χ3v) is 4.68. The molecule has 0 atom stereocenters. The third-order valence-electron chi connectivity index (χ3n) is 2.81. The molecule has 0 saturated carbocycles. The summed E-state index contributed by atoms with van der Waals surface area (Å²) in [5.41, 5.74) is 1.04. The van der Waals surface area contributed by atoms with E-state index in [0.717, 1.165) is 0 Å². The number of aromatic nitrogens is 2. The van der Waals surface area contributed by atoms with E-state index in [0.29, 0.717) is 17.9 Å². The van der Waals surface area contributed by atoms with Crippen molar-refractivity contribution < 1.29 is 8.42 Å². The van der Waals surface area contributed by atoms with Crippen LogP contribution in [0.1, 0.15) is 6.92 Å². The fraction of sp³-hybridized carbons (Fsp3) is 0.231. The lowest BCUT2D eigenvalue weighted by Gasteiger charge is -2.23. The summed E-state index contributed by atoms with van der Waals surface area (Å²) in [6.45, 7) is 2.09. The highest BCUT2D eigenvalue weighted by Crippen LogP contribution is 2.25. The zero-order valence-corrected chi connectivity index (χ0v) is 12.1. The molecule has 2 aromatic rings. The number of pyridine rings is 2. The van der Waals surface area contributed by atoms with Crippen molar-refractivity contribution in [2.24, 2.45) is 0 Å². The molecule has 7 heteroatoms. The van der Waals surface area contributed by atoms with Crippen molar-refractivity contribution in [3.05, 3.63) is 42.9 Å². The Bertz CT molecular complexity index is 674. The molecule has 0 bridgehead atoms. The van der Waals surface area contributed by atoms with E-state index in [1.54, 1.807) is 50.6 Å². The minimum Gasteiger partial charge on any atom is -0.386 e. The van der Waals surface area contributed by atoms with Crippen molar-refractivity contribution in [2.45, 2.75) is 11.9 Å². The highest BCUT2D eigenvalue weighted by atomic mass is 32.2. The van der Waals surface area contributed by atoms with Crippen LogP contribution in [0.15, 0.2) is 47.9 Å². The highest BCUT2D eigenvalue weighted by Gasteiger charge is 2.27. The molecule has 20 heavy (non-hydrogen) atoms. The van der Waals surface area contributed by atoms with Crippen LogP contribution in [0, 0.1) is 0 Å². The lowest BCUT2D eigenvalue weighted by Crippen LogP contribution is -2.31. The molecule has 0 aliphatic carbocycles. The van der Waals surface area contributed by atoms with Crippen molar-refractivity contribution in [1.29, 1.82) is 0 Å². The van der Waals surface area contributed by atoms with Gasteiger partial charge in [-0.3, -0.25) is 9.29 Å². The zero-order chi connectivity index (χ0) is 14.6. The molecule has 0 fully saturated rings. The van der Waals surface area contributed by atoms with Crippen molar-refractivity contribution in [1.82, 2.24) is 9.97 Å². The fourth-order valence-electron chi connectivity index (χ4n) is 1.89. The molecule has 2 heterocycles. The second kappa shape index (κ2) is 5.87. The Morgan fingerprint density at radius 1 is 1.20 bits per heavy atom. The van der Waals surface area contributed by atoms with E-state index in [1.165, 1.54) is 10.5 Å². The van der Waals surface area contributed by atoms with Gasteiger partial charge in [-0.1, -0.05) is 0 Å². The summed E-state index contributed by atoms with van der Waals surface area (Å²) in [7, 11) is -2.05. The standard InChI is InChI=1S/C13H16N4O2S/c1-3-17(11-6-9-15-10-7-11)20(18,19)13-12(14-2)5-4-8-16-13/h4-10,14H,3H2,1-2H3. The molecule has 1 N–H and O–H groups in total. The van der Waals surface area contributed by atoms with Gasteiger partial charge in [0.25, 0.3) is 10.0 Å². The lowest BCUT2D eigenvalue weighted by molar-refractivity contribution is 0.588. The number of nitrogens with zero attached hydrogens (tertiary/aromatic N) is 3. The van der Waals surface area contributed by atoms with E-state index in [2.05, 4.69) is 15.3 Å². The molecule has 0 unspecified atom stereocenters. The van der Waals surface area contributed by atoms with Gasteiger partial charge in [-0.05, 0) is 31.2 Å². The van der Waals surface area contributed by atoms with Crippen LogP contribution in [0.3, 0.4) is 0 Å². The van der Waals surface area contributed by atoms with Gasteiger partial charge in [0.2, 0.25) is 0 Å². The molecular formula is C13H16N4O2S. The lowest BCUT2D eigenvalue weighted by atomic mass is 10.4. The van der Waals surface area contributed by atoms with Crippen molar-refractivity contribution in [3.63, 3.8) is 0 Å². The van der Waals surface area contributed by atoms with Crippen LogP contribution in [0.5, 0.6) is 0 Å². The van der Waals surface area contributed by atoms with Gasteiger partial charge in [-0.2, -0.15) is 8.42 Å². The SMILES string of the molecule is CCN(c1ccncc1)S(=O)(=O)c1ncccc1NC. The second-order valence-corrected chi connectivity index (χ2v) is 5.76. The van der Waals surface area contributed by atoms with E-state index in [1.807, 2.05) is 0 Å². The second-order valence-electron chi connectivity index (χ2n) is 3.98. The van der Waals surface area contributed by atoms with Gasteiger partial charge >= 0.3 is 0 Å². The largest absolute Gasteiger partial charge is 0.386 e. The molecule has 2 rings (SSSR count). The fourth-order valence-corrected chi connectivity index (χ4v) is 3.48. The van der Waals surface area contributed by atoms with E-state index in [9.17, 15) is 8.42 Å². The third kappa shape index (κ3) is 2.57. The van der Waals surface area contributed by atoms with Gasteiger partial charge in [0.15, 0.2) is 5.03 Å². The number of nitrogens with one attached hydrogen (secondary N) is 1. The monoisotopic (exact) mass is 292 g/mol. The quantitative estimate of drug-likeness (QED) is 0.908. The van der Waals surface area contributed by atoms with Gasteiger partial charge in [-0.25, -0.2) is 4.98 Å². The molecule has 106 valence electrons. The van der Waals surface area contributed by atoms with Crippen molar-refractivity contribution in [3.8, 4) is 0 Å². The van der Waals surface area contributed by atoms with Gasteiger partial charge < -0.3 is 5.32 Å². The van der Waals surface area contributed by atoms with Crippen molar-refractivity contribution >= 4 is 21.4 Å². The molecule has 0 radical (unpaired) electrons. The maximum Gasteiger partial charge on any atom is 0.283 e. The van der Waals surface area contributed by atoms with Crippen LogP contribution in [0.2, 0.25) is 0 Å². The summed E-state index contributed by atoms with van der Waals surface area (Å²) in [6, 6.07) is 6.68. The summed E-state index contributed by atoms with van der Waals surface area (Å²) < 4.78 is 26.8. The molecule has 0 aliphatic heterocycles. The van der Waals surface area contributed by atoms with Crippen LogP contribution < -0.4 is 9.62 Å². The normalized spacial score (nSPS) is 11.1. The summed E-state index contributed by atoms with van der Waals surface area (Å²) in [4.78, 5) is 7.91. The Labute approximate surface area is 118 Å². The number of rotatable bonds is 5. The van der Waals surface area contributed by atoms with Crippen LogP contribution in [0.25, 0.3) is 0 Å². The summed E-state index contributed by atoms with van der Waals surface area (Å²) in [5.74, 6) is 0. The first-order valence-electron chi connectivity index (χ1n) is 6.16. The van der Waals surface area contributed by atoms with Crippen LogP contribution in [-0.2, 0) is 10.0 Å². The minimum absolute atomic E-state index is 0.0150. The van der Waals surface area contributed by atoms with Crippen LogP contribution in [-0.4, -0.2) is 32.0 Å². The van der Waals surface area contributed by atoms with E-state index >= 15 is 0 Å². The minimum atomic E-state index is -3.71. The highest BCUT2D eigenvalue weighted by molar-refractivity contribution is 7.92. The number of anilines is 2. The van der Waals surface area contributed by atoms with Gasteiger partial charge in [-0.15, -0.1) is 0 Å². The molecule has 0 saturated heterocycles. The smallest absolute Gasteiger partial charge is 0.283 e.